The Kier molecular flexibility index (Phi) is 5.07. The van der Waals surface area contributed by atoms with Crippen molar-refractivity contribution in [3.8, 4) is 0 Å². The number of hydrogen-bond acceptors (Lipinski definition) is 3. The Balaban J connectivity index is 1.80. The van der Waals surface area contributed by atoms with Crippen LogP contribution in [0.15, 0.2) is 0 Å². The van der Waals surface area contributed by atoms with Crippen LogP contribution in [0.3, 0.4) is 0 Å². The SMILES string of the molecule is CCNC(CC1CCCCO1)C1CCOC1. The van der Waals surface area contributed by atoms with Crippen LogP contribution in [0.4, 0.5) is 0 Å². The summed E-state index contributed by atoms with van der Waals surface area (Å²) in [5.74, 6) is 0.700. The van der Waals surface area contributed by atoms with Gasteiger partial charge in [0.2, 0.25) is 0 Å². The second kappa shape index (κ2) is 6.58. The van der Waals surface area contributed by atoms with Crippen LogP contribution in [0.25, 0.3) is 0 Å². The second-order valence-electron chi connectivity index (χ2n) is 5.01. The molecule has 2 fully saturated rings. The molecule has 3 atom stereocenters. The molecule has 2 heterocycles. The van der Waals surface area contributed by atoms with E-state index in [9.17, 15) is 0 Å². The molecule has 1 N–H and O–H groups in total. The van der Waals surface area contributed by atoms with Gasteiger partial charge < -0.3 is 14.8 Å². The van der Waals surface area contributed by atoms with Crippen LogP contribution in [0.1, 0.15) is 39.0 Å². The van der Waals surface area contributed by atoms with Crippen LogP contribution < -0.4 is 5.32 Å². The minimum atomic E-state index is 0.485. The van der Waals surface area contributed by atoms with Crippen molar-refractivity contribution in [1.29, 1.82) is 0 Å². The zero-order valence-electron chi connectivity index (χ0n) is 10.4. The van der Waals surface area contributed by atoms with E-state index in [0.717, 1.165) is 26.4 Å². The first-order chi connectivity index (χ1) is 7.90. The standard InChI is InChI=1S/C13H25NO2/c1-2-14-13(11-6-8-15-10-11)9-12-5-3-4-7-16-12/h11-14H,2-10H2,1H3. The number of nitrogens with one attached hydrogen (secondary N) is 1. The molecule has 2 aliphatic heterocycles. The summed E-state index contributed by atoms with van der Waals surface area (Å²) in [6.07, 6.45) is 6.69. The van der Waals surface area contributed by atoms with Crippen molar-refractivity contribution in [2.45, 2.75) is 51.2 Å². The van der Waals surface area contributed by atoms with E-state index >= 15 is 0 Å². The van der Waals surface area contributed by atoms with Gasteiger partial charge in [0.05, 0.1) is 12.7 Å². The molecule has 0 saturated carbocycles. The third-order valence-electron chi connectivity index (χ3n) is 3.79. The molecule has 2 rings (SSSR count). The van der Waals surface area contributed by atoms with Crippen LogP contribution in [-0.4, -0.2) is 38.5 Å². The Labute approximate surface area is 98.9 Å². The van der Waals surface area contributed by atoms with Crippen molar-refractivity contribution in [1.82, 2.24) is 5.32 Å². The highest BCUT2D eigenvalue weighted by molar-refractivity contribution is 4.82. The van der Waals surface area contributed by atoms with Gasteiger partial charge >= 0.3 is 0 Å². The first-order valence-electron chi connectivity index (χ1n) is 6.83. The lowest BCUT2D eigenvalue weighted by molar-refractivity contribution is 0.000828. The number of rotatable bonds is 5. The molecule has 2 saturated heterocycles. The summed E-state index contributed by atoms with van der Waals surface area (Å²) in [5, 5.41) is 3.61. The van der Waals surface area contributed by atoms with Gasteiger partial charge in [-0.25, -0.2) is 0 Å². The maximum atomic E-state index is 5.83. The van der Waals surface area contributed by atoms with Crippen LogP contribution in [0.2, 0.25) is 0 Å². The maximum Gasteiger partial charge on any atom is 0.0590 e. The number of ether oxygens (including phenoxy) is 2. The molecule has 3 unspecified atom stereocenters. The van der Waals surface area contributed by atoms with Gasteiger partial charge in [-0.15, -0.1) is 0 Å². The third-order valence-corrected chi connectivity index (χ3v) is 3.79. The van der Waals surface area contributed by atoms with Crippen LogP contribution in [-0.2, 0) is 9.47 Å². The summed E-state index contributed by atoms with van der Waals surface area (Å²) in [7, 11) is 0. The molecule has 0 aromatic rings. The van der Waals surface area contributed by atoms with Crippen molar-refractivity contribution < 1.29 is 9.47 Å². The molecule has 0 aromatic carbocycles. The minimum Gasteiger partial charge on any atom is -0.381 e. The highest BCUT2D eigenvalue weighted by Crippen LogP contribution is 2.24. The molecule has 3 nitrogen and oxygen atoms in total. The quantitative estimate of drug-likeness (QED) is 0.779. The predicted molar refractivity (Wildman–Crippen MR) is 64.6 cm³/mol. The van der Waals surface area contributed by atoms with Gasteiger partial charge in [-0.1, -0.05) is 6.92 Å². The fourth-order valence-corrected chi connectivity index (χ4v) is 2.85. The van der Waals surface area contributed by atoms with Crippen molar-refractivity contribution >= 4 is 0 Å². The maximum absolute atomic E-state index is 5.83. The number of hydrogen-bond donors (Lipinski definition) is 1. The summed E-state index contributed by atoms with van der Waals surface area (Å²) < 4.78 is 11.3. The van der Waals surface area contributed by atoms with Gasteiger partial charge in [-0.2, -0.15) is 0 Å². The summed E-state index contributed by atoms with van der Waals surface area (Å²) in [5.41, 5.74) is 0. The van der Waals surface area contributed by atoms with Gasteiger partial charge in [0.1, 0.15) is 0 Å². The molecule has 0 aromatic heterocycles. The Morgan fingerprint density at radius 2 is 2.19 bits per heavy atom. The van der Waals surface area contributed by atoms with E-state index < -0.39 is 0 Å². The normalized spacial score (nSPS) is 32.8. The average Bonchev–Trinajstić information content (AvgIpc) is 2.83. The van der Waals surface area contributed by atoms with E-state index in [1.54, 1.807) is 0 Å². The first kappa shape index (κ1) is 12.3. The molecule has 0 radical (unpaired) electrons. The fraction of sp³-hybridized carbons (Fsp3) is 1.00. The second-order valence-corrected chi connectivity index (χ2v) is 5.01. The molecule has 94 valence electrons. The van der Waals surface area contributed by atoms with E-state index in [1.807, 2.05) is 0 Å². The van der Waals surface area contributed by atoms with E-state index in [1.165, 1.54) is 32.1 Å². The largest absolute Gasteiger partial charge is 0.381 e. The Bertz CT molecular complexity index is 186. The lowest BCUT2D eigenvalue weighted by Gasteiger charge is -2.30. The molecule has 16 heavy (non-hydrogen) atoms. The Morgan fingerprint density at radius 1 is 1.25 bits per heavy atom. The molecule has 0 bridgehead atoms. The van der Waals surface area contributed by atoms with Gasteiger partial charge in [-0.3, -0.25) is 0 Å². The fourth-order valence-electron chi connectivity index (χ4n) is 2.85. The zero-order chi connectivity index (χ0) is 11.2. The molecule has 2 aliphatic rings. The molecule has 0 aliphatic carbocycles. The minimum absolute atomic E-state index is 0.485. The van der Waals surface area contributed by atoms with E-state index in [-0.39, 0.29) is 0 Å². The van der Waals surface area contributed by atoms with Crippen molar-refractivity contribution in [3.05, 3.63) is 0 Å². The highest BCUT2D eigenvalue weighted by Gasteiger charge is 2.28. The molecular formula is C13H25NO2. The molecule has 3 heteroatoms. The Hall–Kier alpha value is -0.120. The van der Waals surface area contributed by atoms with E-state index in [0.29, 0.717) is 18.1 Å². The summed E-state index contributed by atoms with van der Waals surface area (Å²) in [6.45, 7) is 6.07. The van der Waals surface area contributed by atoms with Crippen LogP contribution >= 0.6 is 0 Å². The van der Waals surface area contributed by atoms with Crippen molar-refractivity contribution in [2.75, 3.05) is 26.4 Å². The summed E-state index contributed by atoms with van der Waals surface area (Å²) in [4.78, 5) is 0. The lowest BCUT2D eigenvalue weighted by Crippen LogP contribution is -2.40. The van der Waals surface area contributed by atoms with E-state index in [2.05, 4.69) is 12.2 Å². The highest BCUT2D eigenvalue weighted by atomic mass is 16.5. The monoisotopic (exact) mass is 227 g/mol. The Morgan fingerprint density at radius 3 is 2.81 bits per heavy atom. The topological polar surface area (TPSA) is 30.5 Å². The van der Waals surface area contributed by atoms with Gasteiger partial charge in [0, 0.05) is 19.3 Å². The van der Waals surface area contributed by atoms with Crippen LogP contribution in [0, 0.1) is 5.92 Å². The van der Waals surface area contributed by atoms with Gasteiger partial charge in [-0.05, 0) is 44.6 Å². The van der Waals surface area contributed by atoms with Gasteiger partial charge in [0.25, 0.3) is 0 Å². The molecule has 0 amide bonds. The first-order valence-corrected chi connectivity index (χ1v) is 6.83. The summed E-state index contributed by atoms with van der Waals surface area (Å²) in [6, 6.07) is 0.593. The zero-order valence-corrected chi connectivity index (χ0v) is 10.4. The summed E-state index contributed by atoms with van der Waals surface area (Å²) >= 11 is 0. The van der Waals surface area contributed by atoms with E-state index in [4.69, 9.17) is 9.47 Å². The van der Waals surface area contributed by atoms with Crippen molar-refractivity contribution in [2.24, 2.45) is 5.92 Å². The average molecular weight is 227 g/mol. The smallest absolute Gasteiger partial charge is 0.0590 e. The predicted octanol–water partition coefficient (Wildman–Crippen LogP) is 1.96. The third kappa shape index (κ3) is 3.44. The van der Waals surface area contributed by atoms with Crippen molar-refractivity contribution in [3.63, 3.8) is 0 Å². The van der Waals surface area contributed by atoms with Crippen LogP contribution in [0.5, 0.6) is 0 Å². The van der Waals surface area contributed by atoms with Gasteiger partial charge in [0.15, 0.2) is 0 Å². The molecular weight excluding hydrogens is 202 g/mol. The lowest BCUT2D eigenvalue weighted by atomic mass is 9.91. The molecule has 0 spiro atoms.